The lowest BCUT2D eigenvalue weighted by Gasteiger charge is -2.49. The Kier molecular flexibility index (Phi) is 4.59. The predicted molar refractivity (Wildman–Crippen MR) is 97.8 cm³/mol. The molecule has 0 radical (unpaired) electrons. The van der Waals surface area contributed by atoms with Crippen molar-refractivity contribution in [3.05, 3.63) is 34.2 Å². The number of nitrogens with one attached hydrogen (secondary N) is 1. The van der Waals surface area contributed by atoms with E-state index in [0.717, 1.165) is 45.2 Å². The molecule has 3 fully saturated rings. The van der Waals surface area contributed by atoms with Crippen molar-refractivity contribution >= 4 is 11.8 Å². The molecule has 4 rings (SSSR count). The molecule has 2 amide bonds. The van der Waals surface area contributed by atoms with E-state index in [1.54, 1.807) is 6.07 Å². The number of rotatable bonds is 2. The number of H-pyrrole nitrogens is 1. The Labute approximate surface area is 153 Å². The van der Waals surface area contributed by atoms with Crippen molar-refractivity contribution in [2.24, 2.45) is 5.41 Å². The number of piperidine rings is 2. The van der Waals surface area contributed by atoms with Gasteiger partial charge in [-0.05, 0) is 38.2 Å². The van der Waals surface area contributed by atoms with Crippen LogP contribution in [0, 0.1) is 5.41 Å². The molecular formula is C20H27N3O3. The third-order valence-electron chi connectivity index (χ3n) is 6.44. The maximum absolute atomic E-state index is 12.9. The molecular weight excluding hydrogens is 330 g/mol. The normalized spacial score (nSPS) is 27.3. The second-order valence-corrected chi connectivity index (χ2v) is 8.23. The van der Waals surface area contributed by atoms with Crippen LogP contribution >= 0.6 is 0 Å². The number of nitrogens with zero attached hydrogens (tertiary/aromatic N) is 2. The summed E-state index contributed by atoms with van der Waals surface area (Å²) in [5.74, 6) is 0.274. The first-order chi connectivity index (χ1) is 12.6. The molecule has 2 saturated heterocycles. The van der Waals surface area contributed by atoms with E-state index in [-0.39, 0.29) is 16.9 Å². The standard InChI is InChI=1S/C20H27N3O3/c24-17-7-6-15(12-21-17)19(26)22-11-3-9-20(13-22)10-8-18(25)23(14-20)16-4-1-2-5-16/h6-7,12,16H,1-5,8-11,13-14H2,(H,21,24)/t20-/m0/s1. The molecule has 1 aliphatic carbocycles. The SMILES string of the molecule is O=C(c1ccc(=O)[nH]c1)N1CCC[C@]2(CCC(=O)N(C3CCCC3)C2)C1. The molecule has 0 unspecified atom stereocenters. The molecule has 0 bridgehead atoms. The van der Waals surface area contributed by atoms with Crippen LogP contribution in [0.25, 0.3) is 0 Å². The summed E-state index contributed by atoms with van der Waals surface area (Å²) in [6, 6.07) is 3.40. The van der Waals surface area contributed by atoms with Crippen LogP contribution in [0.5, 0.6) is 0 Å². The first kappa shape index (κ1) is 17.3. The molecule has 1 spiro atoms. The average Bonchev–Trinajstić information content (AvgIpc) is 3.19. The first-order valence-corrected chi connectivity index (χ1v) is 9.84. The maximum Gasteiger partial charge on any atom is 0.255 e. The maximum atomic E-state index is 12.9. The largest absolute Gasteiger partial charge is 0.339 e. The quantitative estimate of drug-likeness (QED) is 0.881. The number of aromatic amines is 1. The van der Waals surface area contributed by atoms with Gasteiger partial charge in [0.15, 0.2) is 0 Å². The van der Waals surface area contributed by atoms with Crippen LogP contribution in [-0.4, -0.2) is 52.3 Å². The Bertz CT molecular complexity index is 732. The number of pyridine rings is 1. The minimum absolute atomic E-state index is 0.0235. The Morgan fingerprint density at radius 3 is 2.62 bits per heavy atom. The van der Waals surface area contributed by atoms with E-state index in [9.17, 15) is 14.4 Å². The minimum Gasteiger partial charge on any atom is -0.339 e. The van der Waals surface area contributed by atoms with Crippen molar-refractivity contribution in [3.8, 4) is 0 Å². The van der Waals surface area contributed by atoms with E-state index >= 15 is 0 Å². The Morgan fingerprint density at radius 2 is 1.88 bits per heavy atom. The molecule has 1 N–H and O–H groups in total. The van der Waals surface area contributed by atoms with Gasteiger partial charge in [-0.2, -0.15) is 0 Å². The average molecular weight is 357 g/mol. The predicted octanol–water partition coefficient (Wildman–Crippen LogP) is 2.16. The van der Waals surface area contributed by atoms with E-state index in [0.29, 0.717) is 30.5 Å². The smallest absolute Gasteiger partial charge is 0.255 e. The van der Waals surface area contributed by atoms with Gasteiger partial charge in [-0.15, -0.1) is 0 Å². The van der Waals surface area contributed by atoms with Crippen LogP contribution in [0.2, 0.25) is 0 Å². The summed E-state index contributed by atoms with van der Waals surface area (Å²) in [7, 11) is 0. The van der Waals surface area contributed by atoms with Gasteiger partial charge in [0.25, 0.3) is 5.91 Å². The number of hydrogen-bond acceptors (Lipinski definition) is 3. The molecule has 3 aliphatic rings. The van der Waals surface area contributed by atoms with Gasteiger partial charge in [-0.3, -0.25) is 14.4 Å². The summed E-state index contributed by atoms with van der Waals surface area (Å²) in [6.45, 7) is 2.25. The number of likely N-dealkylation sites (tertiary alicyclic amines) is 2. The highest BCUT2D eigenvalue weighted by Gasteiger charge is 2.44. The number of aromatic nitrogens is 1. The minimum atomic E-state index is -0.199. The zero-order chi connectivity index (χ0) is 18.1. The highest BCUT2D eigenvalue weighted by atomic mass is 16.2. The summed E-state index contributed by atoms with van der Waals surface area (Å²) >= 11 is 0. The van der Waals surface area contributed by atoms with E-state index in [1.165, 1.54) is 25.1 Å². The van der Waals surface area contributed by atoms with Crippen molar-refractivity contribution < 1.29 is 9.59 Å². The molecule has 1 aromatic heterocycles. The molecule has 26 heavy (non-hydrogen) atoms. The number of carbonyl (C=O) groups is 2. The van der Waals surface area contributed by atoms with Gasteiger partial charge < -0.3 is 14.8 Å². The van der Waals surface area contributed by atoms with Crippen LogP contribution in [0.4, 0.5) is 0 Å². The monoisotopic (exact) mass is 357 g/mol. The lowest BCUT2D eigenvalue weighted by Crippen LogP contribution is -2.56. The summed E-state index contributed by atoms with van der Waals surface area (Å²) in [5, 5.41) is 0. The molecule has 1 saturated carbocycles. The summed E-state index contributed by atoms with van der Waals surface area (Å²) < 4.78 is 0. The molecule has 2 aliphatic heterocycles. The van der Waals surface area contributed by atoms with Gasteiger partial charge in [0, 0.05) is 49.8 Å². The van der Waals surface area contributed by atoms with E-state index < -0.39 is 0 Å². The molecule has 140 valence electrons. The third-order valence-corrected chi connectivity index (χ3v) is 6.44. The fourth-order valence-electron chi connectivity index (χ4n) is 5.03. The summed E-state index contributed by atoms with van der Waals surface area (Å²) in [4.78, 5) is 43.2. The van der Waals surface area contributed by atoms with Gasteiger partial charge in [0.2, 0.25) is 11.5 Å². The Balaban J connectivity index is 1.50. The molecule has 0 aromatic carbocycles. The first-order valence-electron chi connectivity index (χ1n) is 9.84. The van der Waals surface area contributed by atoms with Crippen molar-refractivity contribution in [1.29, 1.82) is 0 Å². The highest BCUT2D eigenvalue weighted by molar-refractivity contribution is 5.94. The molecule has 6 heteroatoms. The van der Waals surface area contributed by atoms with E-state index in [4.69, 9.17) is 0 Å². The van der Waals surface area contributed by atoms with Crippen LogP contribution in [0.15, 0.2) is 23.1 Å². The van der Waals surface area contributed by atoms with Crippen molar-refractivity contribution in [3.63, 3.8) is 0 Å². The number of hydrogen-bond donors (Lipinski definition) is 1. The van der Waals surface area contributed by atoms with Gasteiger partial charge in [-0.1, -0.05) is 12.8 Å². The fraction of sp³-hybridized carbons (Fsp3) is 0.650. The van der Waals surface area contributed by atoms with Crippen molar-refractivity contribution in [1.82, 2.24) is 14.8 Å². The number of amides is 2. The number of carbonyl (C=O) groups excluding carboxylic acids is 2. The van der Waals surface area contributed by atoms with Crippen LogP contribution in [0.1, 0.15) is 61.7 Å². The topological polar surface area (TPSA) is 73.5 Å². The zero-order valence-corrected chi connectivity index (χ0v) is 15.2. The fourth-order valence-corrected chi connectivity index (χ4v) is 5.03. The molecule has 1 aromatic rings. The highest BCUT2D eigenvalue weighted by Crippen LogP contribution is 2.41. The van der Waals surface area contributed by atoms with Crippen molar-refractivity contribution in [2.45, 2.75) is 57.4 Å². The molecule has 1 atom stereocenters. The van der Waals surface area contributed by atoms with E-state index in [1.807, 2.05) is 4.90 Å². The Hall–Kier alpha value is -2.11. The van der Waals surface area contributed by atoms with E-state index in [2.05, 4.69) is 9.88 Å². The van der Waals surface area contributed by atoms with Gasteiger partial charge in [0.1, 0.15) is 0 Å². The van der Waals surface area contributed by atoms with Crippen LogP contribution in [0.3, 0.4) is 0 Å². The zero-order valence-electron chi connectivity index (χ0n) is 15.2. The van der Waals surface area contributed by atoms with Crippen LogP contribution < -0.4 is 5.56 Å². The summed E-state index contributed by atoms with van der Waals surface area (Å²) in [5.41, 5.74) is 0.364. The second kappa shape index (κ2) is 6.89. The molecule has 3 heterocycles. The molecule has 6 nitrogen and oxygen atoms in total. The van der Waals surface area contributed by atoms with Gasteiger partial charge in [-0.25, -0.2) is 0 Å². The second-order valence-electron chi connectivity index (χ2n) is 8.23. The lowest BCUT2D eigenvalue weighted by molar-refractivity contribution is -0.142. The van der Waals surface area contributed by atoms with Gasteiger partial charge in [0.05, 0.1) is 5.56 Å². The lowest BCUT2D eigenvalue weighted by atomic mass is 9.73. The summed E-state index contributed by atoms with van der Waals surface area (Å²) in [6.07, 6.45) is 9.74. The van der Waals surface area contributed by atoms with Gasteiger partial charge >= 0.3 is 0 Å². The third kappa shape index (κ3) is 3.29. The Morgan fingerprint density at radius 1 is 1.08 bits per heavy atom. The van der Waals surface area contributed by atoms with Crippen LogP contribution in [-0.2, 0) is 4.79 Å². The van der Waals surface area contributed by atoms with Crippen molar-refractivity contribution in [2.75, 3.05) is 19.6 Å².